The molecule has 0 fully saturated rings. The van der Waals surface area contributed by atoms with Gasteiger partial charge in [0.05, 0.1) is 17.1 Å². The Morgan fingerprint density at radius 3 is 2.62 bits per heavy atom. The zero-order chi connectivity index (χ0) is 15.8. The molecular weight excluding hydrogens is 297 g/mol. The molecule has 0 spiro atoms. The van der Waals surface area contributed by atoms with Crippen molar-refractivity contribution < 1.29 is 17.2 Å². The molecule has 8 heteroatoms. The van der Waals surface area contributed by atoms with Gasteiger partial charge in [0.15, 0.2) is 0 Å². The highest BCUT2D eigenvalue weighted by Gasteiger charge is 2.24. The first-order valence-electron chi connectivity index (χ1n) is 6.21. The number of nitrogens with two attached hydrogens (primary N) is 1. The quantitative estimate of drug-likeness (QED) is 0.842. The van der Waals surface area contributed by atoms with Crippen LogP contribution in [-0.4, -0.2) is 13.4 Å². The maximum absolute atomic E-state index is 13.6. The van der Waals surface area contributed by atoms with E-state index in [1.165, 1.54) is 19.2 Å². The van der Waals surface area contributed by atoms with E-state index in [2.05, 4.69) is 9.71 Å². The molecular formula is C13H16FN3O3S. The number of aryl methyl sites for hydroxylation is 1. The Labute approximate surface area is 122 Å². The van der Waals surface area contributed by atoms with E-state index in [0.29, 0.717) is 5.76 Å². The van der Waals surface area contributed by atoms with Gasteiger partial charge in [-0.1, -0.05) is 0 Å². The van der Waals surface area contributed by atoms with Crippen LogP contribution in [0.3, 0.4) is 0 Å². The van der Waals surface area contributed by atoms with Crippen LogP contribution in [0.15, 0.2) is 27.6 Å². The van der Waals surface area contributed by atoms with E-state index < -0.39 is 21.9 Å². The molecule has 2 rings (SSSR count). The van der Waals surface area contributed by atoms with Crippen LogP contribution in [0, 0.1) is 19.7 Å². The highest BCUT2D eigenvalue weighted by Crippen LogP contribution is 2.23. The molecule has 114 valence electrons. The minimum absolute atomic E-state index is 0.00693. The second-order valence-electron chi connectivity index (χ2n) is 4.78. The first kappa shape index (κ1) is 15.5. The third kappa shape index (κ3) is 3.22. The van der Waals surface area contributed by atoms with Crippen LogP contribution < -0.4 is 10.5 Å². The van der Waals surface area contributed by atoms with Crippen LogP contribution in [0.25, 0.3) is 0 Å². The summed E-state index contributed by atoms with van der Waals surface area (Å²) in [6.45, 7) is 4.67. The topological polar surface area (TPSA) is 98.2 Å². The molecule has 0 radical (unpaired) electrons. The van der Waals surface area contributed by atoms with Gasteiger partial charge in [0.1, 0.15) is 11.6 Å². The SMILES string of the molecule is Cc1cnc(C(C)NS(=O)(=O)c2cc(N)cc(F)c2C)o1. The van der Waals surface area contributed by atoms with Crippen molar-refractivity contribution in [3.63, 3.8) is 0 Å². The highest BCUT2D eigenvalue weighted by molar-refractivity contribution is 7.89. The van der Waals surface area contributed by atoms with Crippen LogP contribution in [0.4, 0.5) is 10.1 Å². The van der Waals surface area contributed by atoms with E-state index in [-0.39, 0.29) is 22.0 Å². The minimum atomic E-state index is -3.94. The van der Waals surface area contributed by atoms with Crippen LogP contribution >= 0.6 is 0 Å². The molecule has 6 nitrogen and oxygen atoms in total. The summed E-state index contributed by atoms with van der Waals surface area (Å²) in [6, 6.07) is 1.61. The van der Waals surface area contributed by atoms with Crippen molar-refractivity contribution in [1.82, 2.24) is 9.71 Å². The number of nitrogens with zero attached hydrogens (tertiary/aromatic N) is 1. The largest absolute Gasteiger partial charge is 0.444 e. The Morgan fingerprint density at radius 2 is 2.05 bits per heavy atom. The summed E-state index contributed by atoms with van der Waals surface area (Å²) in [4.78, 5) is 3.76. The lowest BCUT2D eigenvalue weighted by Crippen LogP contribution is -2.28. The number of nitrogens with one attached hydrogen (secondary N) is 1. The van der Waals surface area contributed by atoms with E-state index in [0.717, 1.165) is 6.07 Å². The maximum atomic E-state index is 13.6. The highest BCUT2D eigenvalue weighted by atomic mass is 32.2. The summed E-state index contributed by atoms with van der Waals surface area (Å²) in [6.07, 6.45) is 1.49. The van der Waals surface area contributed by atoms with Gasteiger partial charge < -0.3 is 10.2 Å². The molecule has 0 saturated carbocycles. The number of rotatable bonds is 4. The molecule has 21 heavy (non-hydrogen) atoms. The van der Waals surface area contributed by atoms with E-state index in [4.69, 9.17) is 10.2 Å². The van der Waals surface area contributed by atoms with Gasteiger partial charge in [-0.2, -0.15) is 4.72 Å². The average molecular weight is 313 g/mol. The third-order valence-electron chi connectivity index (χ3n) is 2.95. The molecule has 1 unspecified atom stereocenters. The Balaban J connectivity index is 2.35. The molecule has 2 aromatic rings. The number of oxazole rings is 1. The number of benzene rings is 1. The van der Waals surface area contributed by atoms with Crippen molar-refractivity contribution in [2.45, 2.75) is 31.7 Å². The number of halogens is 1. The van der Waals surface area contributed by atoms with Crippen molar-refractivity contribution in [1.29, 1.82) is 0 Å². The summed E-state index contributed by atoms with van der Waals surface area (Å²) in [7, 11) is -3.94. The smallest absolute Gasteiger partial charge is 0.241 e. The lowest BCUT2D eigenvalue weighted by Gasteiger charge is -2.14. The Hall–Kier alpha value is -1.93. The van der Waals surface area contributed by atoms with Gasteiger partial charge in [-0.05, 0) is 32.9 Å². The number of hydrogen-bond donors (Lipinski definition) is 2. The predicted molar refractivity (Wildman–Crippen MR) is 75.5 cm³/mol. The number of nitrogen functional groups attached to an aromatic ring is 1. The van der Waals surface area contributed by atoms with Crippen molar-refractivity contribution in [3.05, 3.63) is 41.4 Å². The second-order valence-corrected chi connectivity index (χ2v) is 6.46. The summed E-state index contributed by atoms with van der Waals surface area (Å²) < 4.78 is 46.0. The number of anilines is 1. The molecule has 0 saturated heterocycles. The van der Waals surface area contributed by atoms with Gasteiger partial charge in [0.25, 0.3) is 0 Å². The van der Waals surface area contributed by atoms with Gasteiger partial charge in [0.2, 0.25) is 15.9 Å². The number of aromatic nitrogens is 1. The van der Waals surface area contributed by atoms with Crippen molar-refractivity contribution in [3.8, 4) is 0 Å². The molecule has 3 N–H and O–H groups in total. The van der Waals surface area contributed by atoms with E-state index >= 15 is 0 Å². The van der Waals surface area contributed by atoms with Gasteiger partial charge in [0, 0.05) is 11.3 Å². The summed E-state index contributed by atoms with van der Waals surface area (Å²) in [5, 5.41) is 0. The van der Waals surface area contributed by atoms with E-state index in [1.807, 2.05) is 0 Å². The first-order valence-corrected chi connectivity index (χ1v) is 7.69. The third-order valence-corrected chi connectivity index (χ3v) is 4.62. The summed E-state index contributed by atoms with van der Waals surface area (Å²) in [5.74, 6) is 0.135. The normalized spacial score (nSPS) is 13.3. The first-order chi connectivity index (χ1) is 9.70. The Kier molecular flexibility index (Phi) is 4.02. The van der Waals surface area contributed by atoms with Crippen molar-refractivity contribution in [2.75, 3.05) is 5.73 Å². The molecule has 1 aromatic carbocycles. The Bertz CT molecular complexity index is 771. The zero-order valence-electron chi connectivity index (χ0n) is 11.8. The number of hydrogen-bond acceptors (Lipinski definition) is 5. The molecule has 1 aromatic heterocycles. The molecule has 0 aliphatic heterocycles. The average Bonchev–Trinajstić information content (AvgIpc) is 2.80. The van der Waals surface area contributed by atoms with Gasteiger partial charge in [-0.25, -0.2) is 17.8 Å². The maximum Gasteiger partial charge on any atom is 0.241 e. The van der Waals surface area contributed by atoms with Crippen molar-refractivity contribution in [2.24, 2.45) is 0 Å². The zero-order valence-corrected chi connectivity index (χ0v) is 12.7. The van der Waals surface area contributed by atoms with Gasteiger partial charge in [-0.15, -0.1) is 0 Å². The van der Waals surface area contributed by atoms with Gasteiger partial charge >= 0.3 is 0 Å². The van der Waals surface area contributed by atoms with Crippen LogP contribution in [-0.2, 0) is 10.0 Å². The molecule has 1 atom stereocenters. The van der Waals surface area contributed by atoms with Crippen LogP contribution in [0.5, 0.6) is 0 Å². The fraction of sp³-hybridized carbons (Fsp3) is 0.308. The minimum Gasteiger partial charge on any atom is -0.444 e. The number of sulfonamides is 1. The molecule has 0 amide bonds. The fourth-order valence-electron chi connectivity index (χ4n) is 1.87. The monoisotopic (exact) mass is 313 g/mol. The second kappa shape index (κ2) is 5.45. The lowest BCUT2D eigenvalue weighted by molar-refractivity contribution is 0.427. The van der Waals surface area contributed by atoms with E-state index in [9.17, 15) is 12.8 Å². The van der Waals surface area contributed by atoms with Gasteiger partial charge in [-0.3, -0.25) is 0 Å². The molecule has 0 aliphatic rings. The molecule has 0 bridgehead atoms. The summed E-state index contributed by atoms with van der Waals surface area (Å²) >= 11 is 0. The lowest BCUT2D eigenvalue weighted by atomic mass is 10.2. The standard InChI is InChI=1S/C13H16FN3O3S/c1-7-6-16-13(20-7)9(3)17-21(18,19)12-5-10(15)4-11(14)8(12)2/h4-6,9,17H,15H2,1-3H3. The Morgan fingerprint density at radius 1 is 1.38 bits per heavy atom. The molecule has 0 aliphatic carbocycles. The van der Waals surface area contributed by atoms with Crippen LogP contribution in [0.1, 0.15) is 30.2 Å². The predicted octanol–water partition coefficient (Wildman–Crippen LogP) is 2.05. The fourth-order valence-corrected chi connectivity index (χ4v) is 3.36. The van der Waals surface area contributed by atoms with Crippen molar-refractivity contribution >= 4 is 15.7 Å². The summed E-state index contributed by atoms with van der Waals surface area (Å²) in [5.41, 5.74) is 5.55. The van der Waals surface area contributed by atoms with Crippen LogP contribution in [0.2, 0.25) is 0 Å². The van der Waals surface area contributed by atoms with E-state index in [1.54, 1.807) is 13.8 Å². The molecule has 1 heterocycles.